The lowest BCUT2D eigenvalue weighted by atomic mass is 10.2. The van der Waals surface area contributed by atoms with Crippen LogP contribution in [0.3, 0.4) is 0 Å². The molecule has 0 bridgehead atoms. The topological polar surface area (TPSA) is 9.23 Å². The van der Waals surface area contributed by atoms with Crippen molar-refractivity contribution >= 4 is 9.76 Å². The Labute approximate surface area is 86.0 Å². The Hall–Kier alpha value is -0.0331. The fourth-order valence-corrected chi connectivity index (χ4v) is 2.30. The van der Waals surface area contributed by atoms with Gasteiger partial charge in [0.25, 0.3) is 0 Å². The van der Waals surface area contributed by atoms with Crippen molar-refractivity contribution in [3.8, 4) is 0 Å². The Morgan fingerprint density at radius 2 is 1.64 bits per heavy atom. The zero-order valence-corrected chi connectivity index (χ0v) is 10.5. The smallest absolute Gasteiger partial charge is 0.389 e. The van der Waals surface area contributed by atoms with Crippen LogP contribution in [0.4, 0.5) is 13.2 Å². The minimum Gasteiger partial charge on any atom is -0.419 e. The van der Waals surface area contributed by atoms with E-state index in [0.29, 0.717) is 6.42 Å². The third kappa shape index (κ3) is 12.0. The van der Waals surface area contributed by atoms with E-state index < -0.39 is 22.4 Å². The first-order valence-electron chi connectivity index (χ1n) is 4.91. The van der Waals surface area contributed by atoms with E-state index in [1.807, 2.05) is 20.8 Å². The van der Waals surface area contributed by atoms with Crippen molar-refractivity contribution in [3.05, 3.63) is 0 Å². The van der Waals surface area contributed by atoms with Crippen LogP contribution < -0.4 is 0 Å². The third-order valence-corrected chi connectivity index (χ3v) is 3.50. The van der Waals surface area contributed by atoms with E-state index in [9.17, 15) is 13.2 Å². The number of rotatable bonds is 5. The summed E-state index contributed by atoms with van der Waals surface area (Å²) in [5, 5.41) is 0. The summed E-state index contributed by atoms with van der Waals surface area (Å²) in [4.78, 5) is 0. The highest BCUT2D eigenvalue weighted by atomic mass is 28.2. The Morgan fingerprint density at radius 3 is 2.07 bits per heavy atom. The highest BCUT2D eigenvalue weighted by molar-refractivity contribution is 6.27. The summed E-state index contributed by atoms with van der Waals surface area (Å²) in [5.41, 5.74) is -0.129. The fourth-order valence-electron chi connectivity index (χ4n) is 0.983. The van der Waals surface area contributed by atoms with Crippen LogP contribution >= 0.6 is 0 Å². The van der Waals surface area contributed by atoms with Crippen molar-refractivity contribution in [1.29, 1.82) is 0 Å². The normalized spacial score (nSPS) is 14.1. The molecular formula is C9H19F3OSi. The van der Waals surface area contributed by atoms with Gasteiger partial charge in [0.1, 0.15) is 0 Å². The molecule has 86 valence electrons. The molecule has 0 spiro atoms. The van der Waals surface area contributed by atoms with Gasteiger partial charge in [-0.1, -0.05) is 6.42 Å². The van der Waals surface area contributed by atoms with Crippen LogP contribution in [0.5, 0.6) is 0 Å². The van der Waals surface area contributed by atoms with E-state index in [4.69, 9.17) is 4.43 Å². The maximum absolute atomic E-state index is 11.7. The van der Waals surface area contributed by atoms with E-state index >= 15 is 0 Å². The second-order valence-electron chi connectivity index (χ2n) is 4.39. The summed E-state index contributed by atoms with van der Waals surface area (Å²) in [6.07, 6.45) is -3.77. The lowest BCUT2D eigenvalue weighted by molar-refractivity contribution is -0.135. The summed E-state index contributed by atoms with van der Waals surface area (Å²) in [7, 11) is -0.624. The molecule has 1 nitrogen and oxygen atoms in total. The largest absolute Gasteiger partial charge is 0.419 e. The van der Waals surface area contributed by atoms with Crippen molar-refractivity contribution in [3.63, 3.8) is 0 Å². The molecule has 0 amide bonds. The van der Waals surface area contributed by atoms with Gasteiger partial charge in [0, 0.05) is 12.0 Å². The summed E-state index contributed by atoms with van der Waals surface area (Å²) in [6.45, 7) is 5.90. The van der Waals surface area contributed by atoms with Crippen molar-refractivity contribution in [2.45, 2.75) is 57.9 Å². The molecule has 0 rings (SSSR count). The van der Waals surface area contributed by atoms with Gasteiger partial charge < -0.3 is 4.43 Å². The molecule has 0 fully saturated rings. The lowest BCUT2D eigenvalue weighted by Crippen LogP contribution is -2.21. The molecule has 0 radical (unpaired) electrons. The van der Waals surface area contributed by atoms with Gasteiger partial charge in [0.05, 0.1) is 0 Å². The van der Waals surface area contributed by atoms with Gasteiger partial charge in [0.15, 0.2) is 9.76 Å². The van der Waals surface area contributed by atoms with Gasteiger partial charge in [-0.25, -0.2) is 0 Å². The Kier molecular flexibility index (Phi) is 5.74. The molecule has 0 aromatic rings. The molecule has 0 aliphatic rings. The number of halogens is 3. The van der Waals surface area contributed by atoms with Crippen molar-refractivity contribution in [2.24, 2.45) is 0 Å². The zero-order valence-electron chi connectivity index (χ0n) is 9.08. The van der Waals surface area contributed by atoms with Crippen molar-refractivity contribution in [2.75, 3.05) is 0 Å². The van der Waals surface area contributed by atoms with E-state index in [0.717, 1.165) is 6.04 Å². The molecule has 0 saturated carbocycles. The molecule has 5 heteroatoms. The van der Waals surface area contributed by atoms with E-state index in [2.05, 4.69) is 0 Å². The van der Waals surface area contributed by atoms with Gasteiger partial charge in [-0.2, -0.15) is 13.2 Å². The predicted octanol–water partition coefficient (Wildman–Crippen LogP) is 3.04. The molecule has 0 unspecified atom stereocenters. The van der Waals surface area contributed by atoms with Gasteiger partial charge in [0.2, 0.25) is 0 Å². The van der Waals surface area contributed by atoms with Crippen LogP contribution in [0.1, 0.15) is 40.0 Å². The van der Waals surface area contributed by atoms with E-state index in [1.54, 1.807) is 0 Å². The van der Waals surface area contributed by atoms with E-state index in [1.165, 1.54) is 0 Å². The maximum atomic E-state index is 11.7. The maximum Gasteiger partial charge on any atom is 0.389 e. The molecular weight excluding hydrogens is 209 g/mol. The Bertz CT molecular complexity index is 133. The molecule has 14 heavy (non-hydrogen) atoms. The van der Waals surface area contributed by atoms with Crippen LogP contribution in [0.15, 0.2) is 0 Å². The van der Waals surface area contributed by atoms with Crippen LogP contribution in [-0.4, -0.2) is 21.5 Å². The summed E-state index contributed by atoms with van der Waals surface area (Å²) in [5.74, 6) is 0. The van der Waals surface area contributed by atoms with Crippen LogP contribution in [0.25, 0.3) is 0 Å². The minimum atomic E-state index is -3.99. The summed E-state index contributed by atoms with van der Waals surface area (Å²) < 4.78 is 40.7. The molecule has 0 aromatic carbocycles. The predicted molar refractivity (Wildman–Crippen MR) is 54.1 cm³/mol. The first-order chi connectivity index (χ1) is 6.21. The van der Waals surface area contributed by atoms with Gasteiger partial charge in [-0.3, -0.25) is 0 Å². The molecule has 0 aliphatic heterocycles. The molecule has 0 aliphatic carbocycles. The lowest BCUT2D eigenvalue weighted by Gasteiger charge is -2.19. The summed E-state index contributed by atoms with van der Waals surface area (Å²) in [6, 6.07) is 0.841. The standard InChI is InChI=1S/C9H19F3OSi/c1-8(2,3)13-14-7-5-4-6-9(10,11)12/h4-7,14H2,1-3H3. The highest BCUT2D eigenvalue weighted by Gasteiger charge is 2.25. The average Bonchev–Trinajstić information content (AvgIpc) is 1.92. The molecule has 0 atom stereocenters. The Balaban J connectivity index is 3.23. The monoisotopic (exact) mass is 228 g/mol. The SMILES string of the molecule is CC(C)(C)O[SiH2]CCCCC(F)(F)F. The van der Waals surface area contributed by atoms with Gasteiger partial charge in [-0.15, -0.1) is 0 Å². The van der Waals surface area contributed by atoms with Crippen LogP contribution in [0, 0.1) is 0 Å². The van der Waals surface area contributed by atoms with Crippen LogP contribution in [-0.2, 0) is 4.43 Å². The molecule has 0 saturated heterocycles. The quantitative estimate of drug-likeness (QED) is 0.519. The fraction of sp³-hybridized carbons (Fsp3) is 1.00. The first kappa shape index (κ1) is 14.0. The van der Waals surface area contributed by atoms with Crippen molar-refractivity contribution in [1.82, 2.24) is 0 Å². The van der Waals surface area contributed by atoms with Crippen molar-refractivity contribution < 1.29 is 17.6 Å². The second kappa shape index (κ2) is 5.75. The van der Waals surface area contributed by atoms with Crippen LogP contribution in [0.2, 0.25) is 6.04 Å². The molecule has 0 aromatic heterocycles. The van der Waals surface area contributed by atoms with Gasteiger partial charge in [-0.05, 0) is 33.2 Å². The summed E-state index contributed by atoms with van der Waals surface area (Å²) >= 11 is 0. The van der Waals surface area contributed by atoms with E-state index in [-0.39, 0.29) is 12.0 Å². The first-order valence-corrected chi connectivity index (χ1v) is 6.49. The molecule has 0 heterocycles. The highest BCUT2D eigenvalue weighted by Crippen LogP contribution is 2.22. The Morgan fingerprint density at radius 1 is 1.07 bits per heavy atom. The number of alkyl halides is 3. The number of unbranched alkanes of at least 4 members (excludes halogenated alkanes) is 1. The number of hydrogen-bond donors (Lipinski definition) is 0. The van der Waals surface area contributed by atoms with Gasteiger partial charge >= 0.3 is 6.18 Å². The zero-order chi connectivity index (χ0) is 11.2. The number of hydrogen-bond acceptors (Lipinski definition) is 1. The molecule has 0 N–H and O–H groups in total. The minimum absolute atomic E-state index is 0.129. The second-order valence-corrected chi connectivity index (χ2v) is 5.79. The third-order valence-electron chi connectivity index (χ3n) is 1.64. The average molecular weight is 228 g/mol.